The van der Waals surface area contributed by atoms with Gasteiger partial charge in [-0.3, -0.25) is 10.1 Å². The van der Waals surface area contributed by atoms with E-state index in [1.165, 1.54) is 0 Å². The second kappa shape index (κ2) is 2.98. The van der Waals surface area contributed by atoms with E-state index in [0.29, 0.717) is 11.8 Å². The number of Topliss-reactive ketones (excluding diaryl/α,β-unsaturated/α-hetero) is 1. The molecule has 2 bridgehead atoms. The summed E-state index contributed by atoms with van der Waals surface area (Å²) in [6, 6.07) is 7.59. The largest absolute Gasteiger partial charge is 0.294 e. The van der Waals surface area contributed by atoms with Crippen LogP contribution in [0.4, 0.5) is 0 Å². The monoisotopic (exact) mass is 230 g/mol. The Morgan fingerprint density at radius 1 is 1.29 bits per heavy atom. The molecule has 1 aromatic rings. The highest BCUT2D eigenvalue weighted by Gasteiger charge is 2.67. The predicted octanol–water partition coefficient (Wildman–Crippen LogP) is 2.61. The summed E-state index contributed by atoms with van der Waals surface area (Å²) in [4.78, 5) is 17.4. The summed E-state index contributed by atoms with van der Waals surface area (Å²) >= 11 is 0. The quantitative estimate of drug-likeness (QED) is 0.596. The van der Waals surface area contributed by atoms with E-state index < -0.39 is 5.60 Å². The van der Waals surface area contributed by atoms with Crippen LogP contribution in [0.2, 0.25) is 0 Å². The van der Waals surface area contributed by atoms with E-state index in [0.717, 1.165) is 30.4 Å². The molecule has 2 fully saturated rings. The van der Waals surface area contributed by atoms with Crippen molar-refractivity contribution >= 4 is 5.78 Å². The van der Waals surface area contributed by atoms with E-state index in [1.807, 2.05) is 24.3 Å². The van der Waals surface area contributed by atoms with Gasteiger partial charge in [-0.1, -0.05) is 24.3 Å². The molecule has 3 aliphatic rings. The summed E-state index contributed by atoms with van der Waals surface area (Å²) in [6.07, 6.45) is 3.18. The summed E-state index contributed by atoms with van der Waals surface area (Å²) < 4.78 is 0. The van der Waals surface area contributed by atoms with Gasteiger partial charge in [0.05, 0.1) is 5.92 Å². The zero-order valence-electron chi connectivity index (χ0n) is 9.43. The Bertz CT molecular complexity index is 510. The SMILES string of the molecule is O=C1c2ccccc2[C@]2(OO)[C@H]3CC[C@@H](C3)[C@H]12. The number of carbonyl (C=O) groups is 1. The van der Waals surface area contributed by atoms with Crippen LogP contribution in [0.5, 0.6) is 0 Å². The molecule has 4 rings (SSSR count). The molecule has 0 aromatic heterocycles. The molecule has 88 valence electrons. The summed E-state index contributed by atoms with van der Waals surface area (Å²) in [5.41, 5.74) is 0.934. The van der Waals surface area contributed by atoms with Crippen LogP contribution in [0.15, 0.2) is 24.3 Å². The fraction of sp³-hybridized carbons (Fsp3) is 0.500. The summed E-state index contributed by atoms with van der Waals surface area (Å²) in [5, 5.41) is 9.46. The molecule has 0 heterocycles. The second-order valence-corrected chi connectivity index (χ2v) is 5.54. The maximum atomic E-state index is 12.4. The highest BCUT2D eigenvalue weighted by molar-refractivity contribution is 6.04. The zero-order valence-corrected chi connectivity index (χ0v) is 9.43. The molecule has 0 aliphatic heterocycles. The number of carbonyl (C=O) groups excluding carboxylic acids is 1. The van der Waals surface area contributed by atoms with Crippen LogP contribution in [0.25, 0.3) is 0 Å². The van der Waals surface area contributed by atoms with Crippen LogP contribution >= 0.6 is 0 Å². The number of fused-ring (bicyclic) bond motifs is 7. The van der Waals surface area contributed by atoms with Gasteiger partial charge in [0.2, 0.25) is 0 Å². The first kappa shape index (κ1) is 9.80. The minimum Gasteiger partial charge on any atom is -0.294 e. The van der Waals surface area contributed by atoms with Gasteiger partial charge >= 0.3 is 0 Å². The van der Waals surface area contributed by atoms with Crippen molar-refractivity contribution < 1.29 is 14.9 Å². The van der Waals surface area contributed by atoms with Crippen molar-refractivity contribution in [2.75, 3.05) is 0 Å². The molecule has 2 saturated carbocycles. The average Bonchev–Trinajstić information content (AvgIpc) is 3.01. The molecule has 3 aliphatic carbocycles. The van der Waals surface area contributed by atoms with Crippen LogP contribution in [0.3, 0.4) is 0 Å². The van der Waals surface area contributed by atoms with Crippen LogP contribution in [0.1, 0.15) is 35.2 Å². The maximum Gasteiger partial charge on any atom is 0.169 e. The molecular weight excluding hydrogens is 216 g/mol. The molecule has 1 N–H and O–H groups in total. The Morgan fingerprint density at radius 2 is 2.12 bits per heavy atom. The molecule has 3 heteroatoms. The van der Waals surface area contributed by atoms with Crippen LogP contribution in [0, 0.1) is 17.8 Å². The van der Waals surface area contributed by atoms with Gasteiger partial charge in [0, 0.05) is 5.56 Å². The van der Waals surface area contributed by atoms with Gasteiger partial charge in [0.15, 0.2) is 5.78 Å². The van der Waals surface area contributed by atoms with E-state index >= 15 is 0 Å². The first-order chi connectivity index (χ1) is 8.29. The van der Waals surface area contributed by atoms with Gasteiger partial charge in [0.1, 0.15) is 5.60 Å². The molecule has 4 atom stereocenters. The van der Waals surface area contributed by atoms with Crippen LogP contribution in [-0.4, -0.2) is 11.0 Å². The third-order valence-electron chi connectivity index (χ3n) is 5.06. The van der Waals surface area contributed by atoms with Crippen molar-refractivity contribution in [1.29, 1.82) is 0 Å². The highest BCUT2D eigenvalue weighted by Crippen LogP contribution is 2.65. The molecule has 1 aromatic carbocycles. The van der Waals surface area contributed by atoms with Gasteiger partial charge in [-0.2, -0.15) is 0 Å². The third-order valence-corrected chi connectivity index (χ3v) is 5.06. The van der Waals surface area contributed by atoms with Crippen molar-refractivity contribution in [3.63, 3.8) is 0 Å². The first-order valence-electron chi connectivity index (χ1n) is 6.25. The molecule has 17 heavy (non-hydrogen) atoms. The molecule has 0 saturated heterocycles. The summed E-state index contributed by atoms with van der Waals surface area (Å²) in [7, 11) is 0. The molecule has 0 amide bonds. The number of rotatable bonds is 1. The predicted molar refractivity (Wildman–Crippen MR) is 60.5 cm³/mol. The van der Waals surface area contributed by atoms with Gasteiger partial charge in [0.25, 0.3) is 0 Å². The van der Waals surface area contributed by atoms with Crippen molar-refractivity contribution in [2.45, 2.75) is 24.9 Å². The smallest absolute Gasteiger partial charge is 0.169 e. The van der Waals surface area contributed by atoms with Crippen LogP contribution in [-0.2, 0) is 10.5 Å². The Balaban J connectivity index is 2.00. The van der Waals surface area contributed by atoms with Crippen molar-refractivity contribution in [3.8, 4) is 0 Å². The van der Waals surface area contributed by atoms with Gasteiger partial charge in [-0.05, 0) is 36.7 Å². The lowest BCUT2D eigenvalue weighted by molar-refractivity contribution is -0.349. The lowest BCUT2D eigenvalue weighted by atomic mass is 9.75. The van der Waals surface area contributed by atoms with E-state index in [2.05, 4.69) is 0 Å². The molecule has 0 spiro atoms. The minimum absolute atomic E-state index is 0.149. The Labute approximate surface area is 99.3 Å². The fourth-order valence-electron chi connectivity index (χ4n) is 4.50. The number of hydrogen-bond acceptors (Lipinski definition) is 3. The van der Waals surface area contributed by atoms with Crippen molar-refractivity contribution in [1.82, 2.24) is 0 Å². The van der Waals surface area contributed by atoms with E-state index in [-0.39, 0.29) is 11.7 Å². The van der Waals surface area contributed by atoms with Gasteiger partial charge in [-0.25, -0.2) is 4.89 Å². The number of ketones is 1. The van der Waals surface area contributed by atoms with Crippen LogP contribution < -0.4 is 0 Å². The van der Waals surface area contributed by atoms with E-state index in [9.17, 15) is 10.1 Å². The standard InChI is InChI=1S/C14H14O3/c15-13-10-3-1-2-4-11(10)14(17-16)9-6-5-8(7-9)12(13)14/h1-4,8-9,12,16H,5-7H2/t8-,9-,12+,14+/m0/s1. The van der Waals surface area contributed by atoms with E-state index in [4.69, 9.17) is 4.89 Å². The van der Waals surface area contributed by atoms with E-state index in [1.54, 1.807) is 0 Å². The Morgan fingerprint density at radius 3 is 2.94 bits per heavy atom. The second-order valence-electron chi connectivity index (χ2n) is 5.54. The molecule has 3 nitrogen and oxygen atoms in total. The fourth-order valence-corrected chi connectivity index (χ4v) is 4.50. The average molecular weight is 230 g/mol. The minimum atomic E-state index is -0.726. The van der Waals surface area contributed by atoms with Gasteiger partial charge < -0.3 is 0 Å². The number of benzene rings is 1. The molecule has 0 unspecified atom stereocenters. The third kappa shape index (κ3) is 0.905. The maximum absolute atomic E-state index is 12.4. The summed E-state index contributed by atoms with van der Waals surface area (Å²) in [6.45, 7) is 0. The highest BCUT2D eigenvalue weighted by atomic mass is 17.1. The Hall–Kier alpha value is -1.19. The number of hydrogen-bond donors (Lipinski definition) is 1. The van der Waals surface area contributed by atoms with Crippen molar-refractivity contribution in [3.05, 3.63) is 35.4 Å². The molecule has 0 radical (unpaired) electrons. The lowest BCUT2D eigenvalue weighted by Gasteiger charge is -2.35. The normalized spacial score (nSPS) is 41.7. The first-order valence-corrected chi connectivity index (χ1v) is 6.25. The lowest BCUT2D eigenvalue weighted by Crippen LogP contribution is -2.41. The van der Waals surface area contributed by atoms with Crippen molar-refractivity contribution in [2.24, 2.45) is 17.8 Å². The zero-order chi connectivity index (χ0) is 11.6. The summed E-state index contributed by atoms with van der Waals surface area (Å²) in [5.74, 6) is 0.715. The topological polar surface area (TPSA) is 46.5 Å². The molecular formula is C14H14O3. The van der Waals surface area contributed by atoms with Gasteiger partial charge in [-0.15, -0.1) is 0 Å². The Kier molecular flexibility index (Phi) is 1.72.